The summed E-state index contributed by atoms with van der Waals surface area (Å²) in [7, 11) is 0. The molecule has 0 amide bonds. The number of halogens is 3. The van der Waals surface area contributed by atoms with Crippen molar-refractivity contribution in [3.05, 3.63) is 63.6 Å². The van der Waals surface area contributed by atoms with Crippen LogP contribution in [0.2, 0.25) is 0 Å². The predicted octanol–water partition coefficient (Wildman–Crippen LogP) is 5.22. The fourth-order valence-electron chi connectivity index (χ4n) is 2.38. The van der Waals surface area contributed by atoms with Crippen LogP contribution in [0.3, 0.4) is 0 Å². The van der Waals surface area contributed by atoms with Crippen LogP contribution in [-0.4, -0.2) is 0 Å². The summed E-state index contributed by atoms with van der Waals surface area (Å²) in [4.78, 5) is 0. The summed E-state index contributed by atoms with van der Waals surface area (Å²) in [5.41, 5.74) is 2.33. The van der Waals surface area contributed by atoms with Gasteiger partial charge in [0.05, 0.1) is 0 Å². The number of hydrogen-bond acceptors (Lipinski definition) is 1. The van der Waals surface area contributed by atoms with Gasteiger partial charge in [0.2, 0.25) is 0 Å². The smallest absolute Gasteiger partial charge is 0.150 e. The fraction of sp³-hybridized carbons (Fsp3) is 0.250. The van der Waals surface area contributed by atoms with Gasteiger partial charge in [-0.3, -0.25) is 0 Å². The third-order valence-corrected chi connectivity index (χ3v) is 3.99. The Balaban J connectivity index is 1.80. The van der Waals surface area contributed by atoms with E-state index >= 15 is 0 Å². The minimum Gasteiger partial charge on any atom is -0.376 e. The van der Waals surface area contributed by atoms with Crippen LogP contribution >= 0.6 is 15.9 Å². The van der Waals surface area contributed by atoms with E-state index in [1.165, 1.54) is 30.5 Å². The third-order valence-electron chi connectivity index (χ3n) is 3.53. The third kappa shape index (κ3) is 2.85. The van der Waals surface area contributed by atoms with Gasteiger partial charge in [-0.15, -0.1) is 0 Å². The van der Waals surface area contributed by atoms with Gasteiger partial charge >= 0.3 is 0 Å². The van der Waals surface area contributed by atoms with Gasteiger partial charge in [0.15, 0.2) is 0 Å². The highest BCUT2D eigenvalue weighted by atomic mass is 79.9. The van der Waals surface area contributed by atoms with Crippen LogP contribution in [-0.2, 0) is 6.54 Å². The number of anilines is 1. The Labute approximate surface area is 125 Å². The molecular formula is C16H14BrF2N. The van der Waals surface area contributed by atoms with Crippen molar-refractivity contribution in [3.63, 3.8) is 0 Å². The van der Waals surface area contributed by atoms with Gasteiger partial charge < -0.3 is 5.32 Å². The van der Waals surface area contributed by atoms with Crippen LogP contribution in [0.25, 0.3) is 0 Å². The molecule has 1 nitrogen and oxygen atoms in total. The molecule has 104 valence electrons. The summed E-state index contributed by atoms with van der Waals surface area (Å²) < 4.78 is 27.9. The van der Waals surface area contributed by atoms with Crippen molar-refractivity contribution in [3.8, 4) is 0 Å². The molecule has 1 aliphatic carbocycles. The van der Waals surface area contributed by atoms with Crippen LogP contribution in [0.5, 0.6) is 0 Å². The Morgan fingerprint density at radius 1 is 1.10 bits per heavy atom. The summed E-state index contributed by atoms with van der Waals surface area (Å²) in [6, 6.07) is 10.6. The van der Waals surface area contributed by atoms with Gasteiger partial charge in [0.1, 0.15) is 17.3 Å². The molecule has 0 spiro atoms. The summed E-state index contributed by atoms with van der Waals surface area (Å²) in [6.07, 6.45) is 2.41. The zero-order valence-corrected chi connectivity index (χ0v) is 12.4. The number of hydrogen-bond donors (Lipinski definition) is 1. The summed E-state index contributed by atoms with van der Waals surface area (Å²) >= 11 is 3.07. The molecule has 4 heteroatoms. The number of rotatable bonds is 4. The van der Waals surface area contributed by atoms with E-state index in [2.05, 4.69) is 27.3 Å². The Kier molecular flexibility index (Phi) is 3.74. The highest BCUT2D eigenvalue weighted by molar-refractivity contribution is 9.10. The van der Waals surface area contributed by atoms with Crippen LogP contribution in [0, 0.1) is 11.6 Å². The molecule has 0 saturated heterocycles. The second-order valence-electron chi connectivity index (χ2n) is 5.07. The van der Waals surface area contributed by atoms with Crippen molar-refractivity contribution in [2.24, 2.45) is 0 Å². The van der Waals surface area contributed by atoms with Gasteiger partial charge in [-0.25, -0.2) is 8.78 Å². The molecule has 20 heavy (non-hydrogen) atoms. The second kappa shape index (κ2) is 5.52. The lowest BCUT2D eigenvalue weighted by atomic mass is 10.0. The minimum atomic E-state index is -0.583. The van der Waals surface area contributed by atoms with Gasteiger partial charge in [0, 0.05) is 11.0 Å². The first-order valence-corrected chi connectivity index (χ1v) is 7.40. The van der Waals surface area contributed by atoms with Gasteiger partial charge in [-0.1, -0.05) is 40.2 Å². The molecule has 1 N–H and O–H groups in total. The van der Waals surface area contributed by atoms with E-state index < -0.39 is 11.6 Å². The van der Waals surface area contributed by atoms with Gasteiger partial charge in [-0.05, 0) is 42.0 Å². The molecule has 0 radical (unpaired) electrons. The van der Waals surface area contributed by atoms with E-state index in [0.29, 0.717) is 16.9 Å². The first-order valence-electron chi connectivity index (χ1n) is 6.61. The molecule has 3 rings (SSSR count). The zero-order valence-electron chi connectivity index (χ0n) is 10.8. The molecule has 0 unspecified atom stereocenters. The maximum atomic E-state index is 13.8. The minimum absolute atomic E-state index is 0.0706. The SMILES string of the molecule is Fc1cc(Br)cc(F)c1NCc1ccccc1C1CC1. The van der Waals surface area contributed by atoms with E-state index in [1.807, 2.05) is 18.2 Å². The largest absolute Gasteiger partial charge is 0.376 e. The van der Waals surface area contributed by atoms with Crippen LogP contribution in [0.15, 0.2) is 40.9 Å². The number of nitrogens with one attached hydrogen (secondary N) is 1. The molecule has 0 bridgehead atoms. The van der Waals surface area contributed by atoms with Crippen molar-refractivity contribution in [2.75, 3.05) is 5.32 Å². The van der Waals surface area contributed by atoms with Crippen molar-refractivity contribution in [2.45, 2.75) is 25.3 Å². The molecule has 0 aromatic heterocycles. The topological polar surface area (TPSA) is 12.0 Å². The van der Waals surface area contributed by atoms with Crippen molar-refractivity contribution < 1.29 is 8.78 Å². The Hall–Kier alpha value is -1.42. The average molecular weight is 338 g/mol. The van der Waals surface area contributed by atoms with E-state index in [0.717, 1.165) is 5.56 Å². The van der Waals surface area contributed by atoms with E-state index in [9.17, 15) is 8.78 Å². The lowest BCUT2D eigenvalue weighted by molar-refractivity contribution is 0.586. The van der Waals surface area contributed by atoms with E-state index in [1.54, 1.807) is 0 Å². The standard InChI is InChI=1S/C16H14BrF2N/c17-12-7-14(18)16(15(19)8-12)20-9-11-3-1-2-4-13(11)10-5-6-10/h1-4,7-8,10,20H,5-6,9H2. The van der Waals surface area contributed by atoms with Gasteiger partial charge in [-0.2, -0.15) is 0 Å². The van der Waals surface area contributed by atoms with Crippen molar-refractivity contribution >= 4 is 21.6 Å². The van der Waals surface area contributed by atoms with E-state index in [-0.39, 0.29) is 5.69 Å². The predicted molar refractivity (Wildman–Crippen MR) is 79.8 cm³/mol. The first-order chi connectivity index (χ1) is 9.65. The number of benzene rings is 2. The van der Waals surface area contributed by atoms with Crippen LogP contribution in [0.1, 0.15) is 29.9 Å². The fourth-order valence-corrected chi connectivity index (χ4v) is 2.78. The quantitative estimate of drug-likeness (QED) is 0.806. The maximum absolute atomic E-state index is 13.8. The Morgan fingerprint density at radius 2 is 1.75 bits per heavy atom. The molecule has 1 saturated carbocycles. The van der Waals surface area contributed by atoms with Crippen LogP contribution < -0.4 is 5.32 Å². The normalized spacial score (nSPS) is 14.3. The molecule has 0 heterocycles. The first kappa shape index (κ1) is 13.6. The molecule has 1 fully saturated rings. The molecule has 2 aromatic carbocycles. The lowest BCUT2D eigenvalue weighted by Gasteiger charge is -2.12. The Bertz CT molecular complexity index is 615. The maximum Gasteiger partial charge on any atom is 0.150 e. The molecule has 1 aliphatic rings. The van der Waals surface area contributed by atoms with Crippen molar-refractivity contribution in [1.82, 2.24) is 0 Å². The average Bonchev–Trinajstić information content (AvgIpc) is 3.22. The summed E-state index contributed by atoms with van der Waals surface area (Å²) in [5.74, 6) is -0.547. The van der Waals surface area contributed by atoms with Crippen LogP contribution in [0.4, 0.5) is 14.5 Å². The lowest BCUT2D eigenvalue weighted by Crippen LogP contribution is -2.06. The van der Waals surface area contributed by atoms with E-state index in [4.69, 9.17) is 0 Å². The highest BCUT2D eigenvalue weighted by Crippen LogP contribution is 2.41. The van der Waals surface area contributed by atoms with Crippen molar-refractivity contribution in [1.29, 1.82) is 0 Å². The Morgan fingerprint density at radius 3 is 2.40 bits per heavy atom. The highest BCUT2D eigenvalue weighted by Gasteiger charge is 2.25. The summed E-state index contributed by atoms with van der Waals surface area (Å²) in [5, 5.41) is 2.88. The monoisotopic (exact) mass is 337 g/mol. The molecule has 2 aromatic rings. The second-order valence-corrected chi connectivity index (χ2v) is 5.99. The zero-order chi connectivity index (χ0) is 14.1. The molecular weight excluding hydrogens is 324 g/mol. The van der Waals surface area contributed by atoms with Gasteiger partial charge in [0.25, 0.3) is 0 Å². The molecule has 0 aliphatic heterocycles. The molecule has 0 atom stereocenters. The summed E-state index contributed by atoms with van der Waals surface area (Å²) in [6.45, 7) is 0.433.